The van der Waals surface area contributed by atoms with Gasteiger partial charge in [0.05, 0.1) is 45.9 Å². The Hall–Kier alpha value is -3.40. The lowest BCUT2D eigenvalue weighted by Gasteiger charge is -2.12. The molecule has 0 atom stereocenters. The number of aliphatic hydroxyl groups is 1. The zero-order chi connectivity index (χ0) is 25.6. The largest absolute Gasteiger partial charge is 0.491 e. The lowest BCUT2D eigenvalue weighted by Crippen LogP contribution is -2.07. The summed E-state index contributed by atoms with van der Waals surface area (Å²) in [7, 11) is -3.32. The number of hydrogen-bond donors (Lipinski definition) is 2. The lowest BCUT2D eigenvalue weighted by atomic mass is 9.99. The Kier molecular flexibility index (Phi) is 6.14. The maximum atomic E-state index is 12.9. The van der Waals surface area contributed by atoms with Crippen LogP contribution in [0.15, 0.2) is 66.1 Å². The van der Waals surface area contributed by atoms with E-state index in [-0.39, 0.29) is 11.9 Å². The van der Waals surface area contributed by atoms with E-state index in [0.29, 0.717) is 40.2 Å². The van der Waals surface area contributed by atoms with Crippen molar-refractivity contribution in [1.29, 1.82) is 0 Å². The summed E-state index contributed by atoms with van der Waals surface area (Å²) in [6.45, 7) is 1.10. The number of benzene rings is 2. The first kappa shape index (κ1) is 24.0. The third-order valence-electron chi connectivity index (χ3n) is 6.64. The average molecular weight is 537 g/mol. The van der Waals surface area contributed by atoms with Gasteiger partial charge in [0.25, 0.3) is 0 Å². The molecule has 0 spiro atoms. The monoisotopic (exact) mass is 536 g/mol. The van der Waals surface area contributed by atoms with Gasteiger partial charge in [-0.1, -0.05) is 23.7 Å². The van der Waals surface area contributed by atoms with Gasteiger partial charge in [-0.15, -0.1) is 0 Å². The number of hydrogen-bond acceptors (Lipinski definition) is 6. The van der Waals surface area contributed by atoms with Gasteiger partial charge >= 0.3 is 0 Å². The summed E-state index contributed by atoms with van der Waals surface area (Å²) < 4.78 is 33.9. The Morgan fingerprint density at radius 2 is 2.03 bits per heavy atom. The van der Waals surface area contributed by atoms with Crippen LogP contribution in [0.2, 0.25) is 5.02 Å². The highest BCUT2D eigenvalue weighted by Gasteiger charge is 2.37. The molecule has 1 aliphatic carbocycles. The molecule has 2 N–H and O–H groups in total. The van der Waals surface area contributed by atoms with Crippen molar-refractivity contribution in [2.75, 3.05) is 6.61 Å². The van der Waals surface area contributed by atoms with E-state index >= 15 is 0 Å². The first-order valence-electron chi connectivity index (χ1n) is 12.1. The zero-order valence-corrected chi connectivity index (χ0v) is 21.5. The van der Waals surface area contributed by atoms with Gasteiger partial charge in [0, 0.05) is 29.7 Å². The van der Waals surface area contributed by atoms with Crippen molar-refractivity contribution < 1.29 is 18.3 Å². The number of aromatic amines is 1. The summed E-state index contributed by atoms with van der Waals surface area (Å²) in [5, 5.41) is 11.2. The van der Waals surface area contributed by atoms with Crippen LogP contribution in [0, 0.1) is 0 Å². The molecule has 0 unspecified atom stereocenters. The Bertz CT molecular complexity index is 1720. The minimum atomic E-state index is -3.32. The second kappa shape index (κ2) is 9.48. The average Bonchev–Trinajstić information content (AvgIpc) is 3.57. The van der Waals surface area contributed by atoms with Crippen LogP contribution in [0.3, 0.4) is 0 Å². The van der Waals surface area contributed by atoms with Crippen molar-refractivity contribution in [1.82, 2.24) is 19.5 Å². The fourth-order valence-corrected chi connectivity index (χ4v) is 6.51. The van der Waals surface area contributed by atoms with Gasteiger partial charge in [0.1, 0.15) is 11.4 Å². The van der Waals surface area contributed by atoms with Gasteiger partial charge in [-0.05, 0) is 60.7 Å². The maximum Gasteiger partial charge on any atom is 0.181 e. The number of rotatable bonds is 9. The summed E-state index contributed by atoms with van der Waals surface area (Å²) in [5.41, 5.74) is 3.77. The number of ether oxygens (including phenoxy) is 1. The van der Waals surface area contributed by atoms with E-state index in [9.17, 15) is 13.5 Å². The number of imidazole rings is 1. The number of halogens is 1. The minimum absolute atomic E-state index is 0.0817. The molecule has 1 fully saturated rings. The number of H-pyrrole nitrogens is 1. The number of nitrogens with one attached hydrogen (secondary N) is 1. The van der Waals surface area contributed by atoms with Crippen LogP contribution >= 0.6 is 11.6 Å². The van der Waals surface area contributed by atoms with Gasteiger partial charge in [0.2, 0.25) is 0 Å². The second-order valence-corrected chi connectivity index (χ2v) is 11.9. The summed E-state index contributed by atoms with van der Waals surface area (Å²) in [6, 6.07) is 12.9. The van der Waals surface area contributed by atoms with Gasteiger partial charge in [0.15, 0.2) is 9.84 Å². The molecule has 0 saturated heterocycles. The molecule has 6 rings (SSSR count). The predicted molar refractivity (Wildman–Crippen MR) is 143 cm³/mol. The van der Waals surface area contributed by atoms with Crippen molar-refractivity contribution >= 4 is 43.4 Å². The van der Waals surface area contributed by atoms with Crippen LogP contribution in [0.25, 0.3) is 33.1 Å². The van der Waals surface area contributed by atoms with Crippen LogP contribution in [0.1, 0.15) is 25.0 Å². The number of aryl methyl sites for hydroxylation is 1. The van der Waals surface area contributed by atoms with E-state index < -0.39 is 9.84 Å². The van der Waals surface area contributed by atoms with Crippen molar-refractivity contribution in [3.05, 3.63) is 71.9 Å². The number of fused-ring (bicyclic) bond motifs is 3. The van der Waals surface area contributed by atoms with Gasteiger partial charge in [-0.25, -0.2) is 18.4 Å². The molecule has 0 radical (unpaired) electrons. The Morgan fingerprint density at radius 1 is 1.16 bits per heavy atom. The summed E-state index contributed by atoms with van der Waals surface area (Å²) in [4.78, 5) is 12.3. The zero-order valence-electron chi connectivity index (χ0n) is 19.9. The fourth-order valence-electron chi connectivity index (χ4n) is 4.65. The number of sulfone groups is 1. The van der Waals surface area contributed by atoms with Gasteiger partial charge in [-0.2, -0.15) is 0 Å². The van der Waals surface area contributed by atoms with E-state index in [2.05, 4.69) is 15.0 Å². The SMILES string of the molecule is O=S(=O)(c1cccc(-c2ccc(OCCCn3cnc(CO)c3)c3[nH]c4ncc(Cl)cc4c23)c1)C1CC1. The standard InChI is InChI=1S/C27H25ClN4O4S/c28-18-12-23-25-22(17-3-1-4-21(11-17)37(34,35)20-5-6-20)7-8-24(26(25)31-27(23)29-13-18)36-10-2-9-32-14-19(15-33)30-16-32/h1,3-4,7-8,11-14,16,20,33H,2,5-6,9-10,15H2,(H,29,31). The number of nitrogens with zero attached hydrogens (tertiary/aromatic N) is 3. The molecule has 3 heterocycles. The minimum Gasteiger partial charge on any atom is -0.491 e. The van der Waals surface area contributed by atoms with Crippen LogP contribution in [-0.4, -0.2) is 44.9 Å². The normalized spacial score (nSPS) is 14.0. The number of aliphatic hydroxyl groups excluding tert-OH is 1. The molecular weight excluding hydrogens is 512 g/mol. The van der Waals surface area contributed by atoms with E-state index in [1.165, 1.54) is 0 Å². The predicted octanol–water partition coefficient (Wildman–Crippen LogP) is 5.13. The van der Waals surface area contributed by atoms with E-state index in [1.807, 2.05) is 35.0 Å². The summed E-state index contributed by atoms with van der Waals surface area (Å²) in [5.74, 6) is 0.677. The second-order valence-electron chi connectivity index (χ2n) is 9.27. The van der Waals surface area contributed by atoms with Crippen molar-refractivity contribution in [3.63, 3.8) is 0 Å². The summed E-state index contributed by atoms with van der Waals surface area (Å²) >= 11 is 6.30. The highest BCUT2D eigenvalue weighted by molar-refractivity contribution is 7.92. The maximum absolute atomic E-state index is 12.9. The third kappa shape index (κ3) is 4.58. The Balaban J connectivity index is 1.36. The van der Waals surface area contributed by atoms with Crippen molar-refractivity contribution in [2.45, 2.75) is 42.6 Å². The molecule has 5 aromatic rings. The molecule has 1 aliphatic rings. The smallest absolute Gasteiger partial charge is 0.181 e. The molecule has 37 heavy (non-hydrogen) atoms. The van der Waals surface area contributed by atoms with E-state index in [4.69, 9.17) is 16.3 Å². The van der Waals surface area contributed by atoms with Gasteiger partial charge < -0.3 is 19.4 Å². The molecule has 2 aromatic carbocycles. The number of aromatic nitrogens is 4. The molecule has 8 nitrogen and oxygen atoms in total. The number of pyridine rings is 1. The molecule has 10 heteroatoms. The van der Waals surface area contributed by atoms with E-state index in [0.717, 1.165) is 46.7 Å². The Labute approximate surface area is 218 Å². The first-order chi connectivity index (χ1) is 17.9. The van der Waals surface area contributed by atoms with Crippen LogP contribution < -0.4 is 4.74 Å². The molecule has 3 aromatic heterocycles. The van der Waals surface area contributed by atoms with Crippen LogP contribution in [0.5, 0.6) is 5.75 Å². The van der Waals surface area contributed by atoms with Crippen molar-refractivity contribution in [2.24, 2.45) is 0 Å². The highest BCUT2D eigenvalue weighted by Crippen LogP contribution is 2.41. The highest BCUT2D eigenvalue weighted by atomic mass is 35.5. The fraction of sp³-hybridized carbons (Fsp3) is 0.259. The van der Waals surface area contributed by atoms with Crippen molar-refractivity contribution in [3.8, 4) is 16.9 Å². The topological polar surface area (TPSA) is 110 Å². The third-order valence-corrected chi connectivity index (χ3v) is 9.10. The lowest BCUT2D eigenvalue weighted by molar-refractivity contribution is 0.277. The molecular formula is C27H25ClN4O4S. The molecule has 190 valence electrons. The Morgan fingerprint density at radius 3 is 2.81 bits per heavy atom. The molecule has 0 aliphatic heterocycles. The molecule has 1 saturated carbocycles. The van der Waals surface area contributed by atoms with Crippen LogP contribution in [-0.2, 0) is 23.0 Å². The summed E-state index contributed by atoms with van der Waals surface area (Å²) in [6.07, 6.45) is 7.29. The molecule has 0 amide bonds. The van der Waals surface area contributed by atoms with E-state index in [1.54, 1.807) is 30.7 Å². The quantitative estimate of drug-likeness (QED) is 0.253. The van der Waals surface area contributed by atoms with Crippen LogP contribution in [0.4, 0.5) is 0 Å². The molecule has 0 bridgehead atoms. The first-order valence-corrected chi connectivity index (χ1v) is 14.0. The van der Waals surface area contributed by atoms with Gasteiger partial charge in [-0.3, -0.25) is 0 Å².